The first-order valence-corrected chi connectivity index (χ1v) is 6.99. The van der Waals surface area contributed by atoms with Gasteiger partial charge in [-0.1, -0.05) is 63.4 Å². The van der Waals surface area contributed by atoms with Crippen LogP contribution >= 0.6 is 0 Å². The first-order valence-electron chi connectivity index (χ1n) is 6.99. The van der Waals surface area contributed by atoms with Gasteiger partial charge >= 0.3 is 0 Å². The summed E-state index contributed by atoms with van der Waals surface area (Å²) in [5.41, 5.74) is 0.429. The summed E-state index contributed by atoms with van der Waals surface area (Å²) in [6.07, 6.45) is 6.21. The van der Waals surface area contributed by atoms with Gasteiger partial charge in [-0.2, -0.15) is 0 Å². The summed E-state index contributed by atoms with van der Waals surface area (Å²) in [5, 5.41) is 10.6. The highest BCUT2D eigenvalue weighted by Gasteiger charge is 2.33. The van der Waals surface area contributed by atoms with Crippen molar-refractivity contribution < 1.29 is 5.11 Å². The van der Waals surface area contributed by atoms with Crippen LogP contribution in [0.15, 0.2) is 30.3 Å². The summed E-state index contributed by atoms with van der Waals surface area (Å²) in [7, 11) is 0. The number of aliphatic hydroxyl groups is 1. The largest absolute Gasteiger partial charge is 0.385 e. The lowest BCUT2D eigenvalue weighted by molar-refractivity contribution is -0.0215. The molecule has 0 aliphatic heterocycles. The minimum atomic E-state index is -0.637. The highest BCUT2D eigenvalue weighted by atomic mass is 16.3. The van der Waals surface area contributed by atoms with Crippen molar-refractivity contribution in [2.45, 2.75) is 58.5 Å². The van der Waals surface area contributed by atoms with E-state index in [1.807, 2.05) is 51.1 Å². The Hall–Kier alpha value is -0.820. The number of benzene rings is 1. The molecular weight excluding hydrogens is 208 g/mol. The topological polar surface area (TPSA) is 20.2 Å². The van der Waals surface area contributed by atoms with Gasteiger partial charge in [0.1, 0.15) is 0 Å². The lowest BCUT2D eigenvalue weighted by Crippen LogP contribution is -2.33. The maximum atomic E-state index is 10.6. The van der Waals surface area contributed by atoms with Crippen LogP contribution in [0.2, 0.25) is 0 Å². The van der Waals surface area contributed by atoms with E-state index in [1.165, 1.54) is 32.1 Å². The normalized spacial score (nSPS) is 20.0. The van der Waals surface area contributed by atoms with Crippen LogP contribution in [0.5, 0.6) is 0 Å². The van der Waals surface area contributed by atoms with E-state index in [9.17, 15) is 5.11 Å². The fourth-order valence-corrected chi connectivity index (χ4v) is 2.68. The molecule has 1 aliphatic rings. The summed E-state index contributed by atoms with van der Waals surface area (Å²) in [6.45, 7) is 5.97. The smallest absolute Gasteiger partial charge is 0.0896 e. The third-order valence-corrected chi connectivity index (χ3v) is 3.76. The third kappa shape index (κ3) is 3.57. The van der Waals surface area contributed by atoms with E-state index in [2.05, 4.69) is 0 Å². The summed E-state index contributed by atoms with van der Waals surface area (Å²) >= 11 is 0. The van der Waals surface area contributed by atoms with Crippen molar-refractivity contribution in [2.75, 3.05) is 0 Å². The van der Waals surface area contributed by atoms with Gasteiger partial charge in [-0.15, -0.1) is 0 Å². The van der Waals surface area contributed by atoms with Crippen LogP contribution in [-0.4, -0.2) is 5.11 Å². The Morgan fingerprint density at radius 3 is 2.06 bits per heavy atom. The molecule has 1 fully saturated rings. The standard InChI is InChI=1S/C14H20O.C2H6/c1-14(15,12-8-4-2-5-9-12)13-10-6-3-7-11-13;1-2/h2,4-5,8-9,13,15H,3,6-7,10-11H2,1H3;1-2H3. The third-order valence-electron chi connectivity index (χ3n) is 3.76. The van der Waals surface area contributed by atoms with Crippen LogP contribution in [-0.2, 0) is 5.60 Å². The molecule has 0 aromatic heterocycles. The van der Waals surface area contributed by atoms with Crippen molar-refractivity contribution in [1.82, 2.24) is 0 Å². The Labute approximate surface area is 106 Å². The zero-order chi connectivity index (χ0) is 12.7. The van der Waals surface area contributed by atoms with E-state index in [1.54, 1.807) is 0 Å². The Morgan fingerprint density at radius 2 is 1.53 bits per heavy atom. The van der Waals surface area contributed by atoms with Crippen molar-refractivity contribution >= 4 is 0 Å². The van der Waals surface area contributed by atoms with Gasteiger partial charge in [0.05, 0.1) is 5.60 Å². The summed E-state index contributed by atoms with van der Waals surface area (Å²) in [5.74, 6) is 0.439. The molecule has 1 nitrogen and oxygen atoms in total. The van der Waals surface area contributed by atoms with Crippen LogP contribution in [0.1, 0.15) is 58.4 Å². The van der Waals surface area contributed by atoms with E-state index in [0.29, 0.717) is 5.92 Å². The average Bonchev–Trinajstić information content (AvgIpc) is 2.43. The zero-order valence-corrected chi connectivity index (χ0v) is 11.4. The second kappa shape index (κ2) is 6.80. The van der Waals surface area contributed by atoms with E-state index in [0.717, 1.165) is 5.56 Å². The molecule has 0 amide bonds. The SMILES string of the molecule is CC.CC(O)(c1ccccc1)C1CCCCC1. The van der Waals surface area contributed by atoms with E-state index in [-0.39, 0.29) is 0 Å². The first-order chi connectivity index (χ1) is 8.21. The van der Waals surface area contributed by atoms with Crippen LogP contribution in [0, 0.1) is 5.92 Å². The molecule has 1 N–H and O–H groups in total. The van der Waals surface area contributed by atoms with Crippen LogP contribution in [0.25, 0.3) is 0 Å². The summed E-state index contributed by atoms with van der Waals surface area (Å²) < 4.78 is 0. The van der Waals surface area contributed by atoms with Crippen LogP contribution in [0.4, 0.5) is 0 Å². The highest BCUT2D eigenvalue weighted by Crippen LogP contribution is 2.38. The molecule has 1 heteroatoms. The van der Waals surface area contributed by atoms with Gasteiger partial charge in [-0.3, -0.25) is 0 Å². The predicted octanol–water partition coefficient (Wildman–Crippen LogP) is 4.50. The molecule has 96 valence electrons. The molecule has 0 heterocycles. The highest BCUT2D eigenvalue weighted by molar-refractivity contribution is 5.22. The van der Waals surface area contributed by atoms with Gasteiger partial charge in [0.15, 0.2) is 0 Å². The van der Waals surface area contributed by atoms with E-state index >= 15 is 0 Å². The van der Waals surface area contributed by atoms with Gasteiger partial charge in [-0.05, 0) is 31.2 Å². The molecule has 0 spiro atoms. The molecule has 1 unspecified atom stereocenters. The maximum Gasteiger partial charge on any atom is 0.0896 e. The lowest BCUT2D eigenvalue weighted by Gasteiger charge is -2.36. The maximum absolute atomic E-state index is 10.6. The Morgan fingerprint density at radius 1 is 1.00 bits per heavy atom. The predicted molar refractivity (Wildman–Crippen MR) is 73.9 cm³/mol. The van der Waals surface area contributed by atoms with Crippen molar-refractivity contribution in [3.63, 3.8) is 0 Å². The monoisotopic (exact) mass is 234 g/mol. The quantitative estimate of drug-likeness (QED) is 0.798. The van der Waals surface area contributed by atoms with Crippen LogP contribution in [0.3, 0.4) is 0 Å². The Bertz CT molecular complexity index is 297. The van der Waals surface area contributed by atoms with Gasteiger partial charge in [0.2, 0.25) is 0 Å². The second-order valence-corrected chi connectivity index (χ2v) is 4.85. The minimum absolute atomic E-state index is 0.439. The van der Waals surface area contributed by atoms with E-state index < -0.39 is 5.60 Å². The van der Waals surface area contributed by atoms with Gasteiger partial charge in [0.25, 0.3) is 0 Å². The molecule has 0 bridgehead atoms. The Kier molecular flexibility index (Phi) is 5.70. The van der Waals surface area contributed by atoms with Crippen molar-refractivity contribution in [1.29, 1.82) is 0 Å². The van der Waals surface area contributed by atoms with Gasteiger partial charge in [-0.25, -0.2) is 0 Å². The Balaban J connectivity index is 0.000000686. The van der Waals surface area contributed by atoms with Crippen molar-refractivity contribution in [3.05, 3.63) is 35.9 Å². The van der Waals surface area contributed by atoms with Gasteiger partial charge in [0, 0.05) is 0 Å². The zero-order valence-electron chi connectivity index (χ0n) is 11.4. The first kappa shape index (κ1) is 14.2. The molecule has 1 aliphatic carbocycles. The molecule has 1 aromatic carbocycles. The number of hydrogen-bond acceptors (Lipinski definition) is 1. The van der Waals surface area contributed by atoms with Crippen LogP contribution < -0.4 is 0 Å². The summed E-state index contributed by atoms with van der Waals surface area (Å²) in [4.78, 5) is 0. The fourth-order valence-electron chi connectivity index (χ4n) is 2.68. The van der Waals surface area contributed by atoms with Crippen molar-refractivity contribution in [3.8, 4) is 0 Å². The molecule has 0 saturated heterocycles. The second-order valence-electron chi connectivity index (χ2n) is 4.85. The van der Waals surface area contributed by atoms with Gasteiger partial charge < -0.3 is 5.11 Å². The fraction of sp³-hybridized carbons (Fsp3) is 0.625. The number of hydrogen-bond donors (Lipinski definition) is 1. The summed E-state index contributed by atoms with van der Waals surface area (Å²) in [6, 6.07) is 10.1. The van der Waals surface area contributed by atoms with Crippen molar-refractivity contribution in [2.24, 2.45) is 5.92 Å². The molecule has 1 aromatic rings. The average molecular weight is 234 g/mol. The molecule has 17 heavy (non-hydrogen) atoms. The molecule has 1 atom stereocenters. The molecule has 2 rings (SSSR count). The van der Waals surface area contributed by atoms with E-state index in [4.69, 9.17) is 0 Å². The molecular formula is C16H26O. The number of rotatable bonds is 2. The minimum Gasteiger partial charge on any atom is -0.385 e. The lowest BCUT2D eigenvalue weighted by atomic mass is 9.74. The molecule has 0 radical (unpaired) electrons. The molecule has 1 saturated carbocycles.